The van der Waals surface area contributed by atoms with E-state index in [-0.39, 0.29) is 17.7 Å². The lowest BCUT2D eigenvalue weighted by Crippen LogP contribution is -2.28. The molecule has 1 aromatic heterocycles. The number of amides is 1. The first kappa shape index (κ1) is 20.0. The number of rotatable bonds is 7. The van der Waals surface area contributed by atoms with Gasteiger partial charge in [0.05, 0.1) is 24.6 Å². The number of aromatic nitrogens is 3. The van der Waals surface area contributed by atoms with Crippen molar-refractivity contribution in [2.75, 3.05) is 12.9 Å². The maximum absolute atomic E-state index is 12.6. The van der Waals surface area contributed by atoms with Gasteiger partial charge in [-0.2, -0.15) is 0 Å². The third kappa shape index (κ3) is 4.31. The summed E-state index contributed by atoms with van der Waals surface area (Å²) in [5.41, 5.74) is 1.98. The zero-order valence-corrected chi connectivity index (χ0v) is 17.6. The van der Waals surface area contributed by atoms with Gasteiger partial charge < -0.3 is 10.1 Å². The molecule has 0 radical (unpaired) electrons. The average molecular weight is 419 g/mol. The number of hydrogen-bond donors (Lipinski definition) is 1. The summed E-state index contributed by atoms with van der Waals surface area (Å²) in [6, 6.07) is 21.9. The first-order valence-corrected chi connectivity index (χ1v) is 10.6. The molecule has 30 heavy (non-hydrogen) atoms. The van der Waals surface area contributed by atoms with Gasteiger partial charge in [-0.25, -0.2) is 0 Å². The highest BCUT2D eigenvalue weighted by Crippen LogP contribution is 2.25. The van der Waals surface area contributed by atoms with Gasteiger partial charge in [0.1, 0.15) is 12.1 Å². The normalized spacial score (nSPS) is 11.9. The van der Waals surface area contributed by atoms with Gasteiger partial charge in [-0.1, -0.05) is 60.3 Å². The molecule has 0 saturated carbocycles. The first-order chi connectivity index (χ1) is 14.7. The van der Waals surface area contributed by atoms with Crippen molar-refractivity contribution in [1.29, 1.82) is 0 Å². The molecule has 0 aliphatic carbocycles. The quantitative estimate of drug-likeness (QED) is 0.451. The summed E-state index contributed by atoms with van der Waals surface area (Å²) in [7, 11) is 1.63. The Bertz CT molecular complexity index is 1170. The second kappa shape index (κ2) is 9.00. The van der Waals surface area contributed by atoms with E-state index in [1.807, 2.05) is 54.0 Å². The summed E-state index contributed by atoms with van der Waals surface area (Å²) < 4.78 is 7.12. The Morgan fingerprint density at radius 1 is 1.13 bits per heavy atom. The van der Waals surface area contributed by atoms with Crippen LogP contribution in [0.15, 0.2) is 78.2 Å². The zero-order chi connectivity index (χ0) is 20.9. The fourth-order valence-electron chi connectivity index (χ4n) is 3.38. The van der Waals surface area contributed by atoms with Gasteiger partial charge in [0, 0.05) is 6.07 Å². The lowest BCUT2D eigenvalue weighted by Gasteiger charge is -2.16. The van der Waals surface area contributed by atoms with Gasteiger partial charge in [-0.05, 0) is 35.4 Å². The average Bonchev–Trinajstić information content (AvgIpc) is 3.26. The van der Waals surface area contributed by atoms with Crippen molar-refractivity contribution in [3.05, 3.63) is 78.6 Å². The molecule has 0 aliphatic heterocycles. The standard InChI is InChI=1S/C23H22N4O2S/c1-16(20-12-5-8-17-7-3-4-11-21(17)20)25-22(28)14-30-23-26-24-15-27(23)18-9-6-10-19(13-18)29-2/h3-13,15-16H,14H2,1-2H3,(H,25,28)/t16-/m1/s1. The Kier molecular flexibility index (Phi) is 5.99. The predicted octanol–water partition coefficient (Wildman–Crippen LogP) is 4.40. The van der Waals surface area contributed by atoms with Crippen molar-refractivity contribution in [2.45, 2.75) is 18.1 Å². The third-order valence-corrected chi connectivity index (χ3v) is 5.79. The van der Waals surface area contributed by atoms with E-state index in [9.17, 15) is 4.79 Å². The number of carbonyl (C=O) groups excluding carboxylic acids is 1. The van der Waals surface area contributed by atoms with E-state index < -0.39 is 0 Å². The number of thioether (sulfide) groups is 1. The van der Waals surface area contributed by atoms with Gasteiger partial charge >= 0.3 is 0 Å². The topological polar surface area (TPSA) is 69.0 Å². The minimum absolute atomic E-state index is 0.0550. The number of nitrogens with one attached hydrogen (secondary N) is 1. The predicted molar refractivity (Wildman–Crippen MR) is 119 cm³/mol. The molecule has 1 atom stereocenters. The van der Waals surface area contributed by atoms with Gasteiger partial charge in [-0.3, -0.25) is 9.36 Å². The van der Waals surface area contributed by atoms with Crippen LogP contribution in [0.3, 0.4) is 0 Å². The van der Waals surface area contributed by atoms with Crippen LogP contribution in [-0.4, -0.2) is 33.5 Å². The Balaban J connectivity index is 1.43. The van der Waals surface area contributed by atoms with E-state index in [1.165, 1.54) is 11.8 Å². The molecule has 1 heterocycles. The molecule has 3 aromatic carbocycles. The van der Waals surface area contributed by atoms with Crippen LogP contribution in [-0.2, 0) is 4.79 Å². The molecule has 1 N–H and O–H groups in total. The van der Waals surface area contributed by atoms with Crippen LogP contribution in [0, 0.1) is 0 Å². The molecular weight excluding hydrogens is 396 g/mol. The summed E-state index contributed by atoms with van der Waals surface area (Å²) in [6.45, 7) is 2.00. The monoisotopic (exact) mass is 418 g/mol. The van der Waals surface area contributed by atoms with Crippen LogP contribution in [0.4, 0.5) is 0 Å². The number of methoxy groups -OCH3 is 1. The first-order valence-electron chi connectivity index (χ1n) is 9.60. The van der Waals surface area contributed by atoms with Crippen LogP contribution in [0.25, 0.3) is 16.5 Å². The van der Waals surface area contributed by atoms with Crippen LogP contribution < -0.4 is 10.1 Å². The van der Waals surface area contributed by atoms with Crippen molar-refractivity contribution in [3.8, 4) is 11.4 Å². The second-order valence-electron chi connectivity index (χ2n) is 6.83. The maximum Gasteiger partial charge on any atom is 0.230 e. The van der Waals surface area contributed by atoms with Gasteiger partial charge in [0.2, 0.25) is 5.91 Å². The van der Waals surface area contributed by atoms with Crippen molar-refractivity contribution < 1.29 is 9.53 Å². The summed E-state index contributed by atoms with van der Waals surface area (Å²) in [4.78, 5) is 12.6. The number of ether oxygens (including phenoxy) is 1. The molecule has 0 fully saturated rings. The number of carbonyl (C=O) groups is 1. The third-order valence-electron chi connectivity index (χ3n) is 4.85. The summed E-state index contributed by atoms with van der Waals surface area (Å²) in [5.74, 6) is 0.942. The van der Waals surface area contributed by atoms with Gasteiger partial charge in [0.25, 0.3) is 0 Å². The number of benzene rings is 3. The minimum Gasteiger partial charge on any atom is -0.497 e. The van der Waals surface area contributed by atoms with Crippen molar-refractivity contribution in [3.63, 3.8) is 0 Å². The Labute approximate surface area is 179 Å². The molecule has 7 heteroatoms. The fraction of sp³-hybridized carbons (Fsp3) is 0.174. The minimum atomic E-state index is -0.0968. The van der Waals surface area contributed by atoms with Gasteiger partial charge in [-0.15, -0.1) is 10.2 Å². The number of hydrogen-bond acceptors (Lipinski definition) is 5. The Morgan fingerprint density at radius 3 is 2.80 bits per heavy atom. The largest absolute Gasteiger partial charge is 0.497 e. The molecule has 0 aliphatic rings. The van der Waals surface area contributed by atoms with E-state index in [0.717, 1.165) is 27.8 Å². The van der Waals surface area contributed by atoms with Crippen molar-refractivity contribution in [2.24, 2.45) is 0 Å². The molecule has 0 saturated heterocycles. The molecule has 0 unspecified atom stereocenters. The lowest BCUT2D eigenvalue weighted by atomic mass is 10.00. The van der Waals surface area contributed by atoms with Crippen LogP contribution in [0.2, 0.25) is 0 Å². The van der Waals surface area contributed by atoms with Crippen molar-refractivity contribution in [1.82, 2.24) is 20.1 Å². The van der Waals surface area contributed by atoms with Crippen LogP contribution in [0.5, 0.6) is 5.75 Å². The summed E-state index contributed by atoms with van der Waals surface area (Å²) in [5, 5.41) is 14.2. The number of fused-ring (bicyclic) bond motifs is 1. The van der Waals surface area contributed by atoms with E-state index in [1.54, 1.807) is 13.4 Å². The number of nitrogens with zero attached hydrogens (tertiary/aromatic N) is 3. The smallest absolute Gasteiger partial charge is 0.230 e. The molecular formula is C23H22N4O2S. The highest BCUT2D eigenvalue weighted by atomic mass is 32.2. The molecule has 1 amide bonds. The summed E-state index contributed by atoms with van der Waals surface area (Å²) >= 11 is 1.35. The highest BCUT2D eigenvalue weighted by Gasteiger charge is 2.15. The molecule has 152 valence electrons. The van der Waals surface area contributed by atoms with E-state index >= 15 is 0 Å². The van der Waals surface area contributed by atoms with E-state index in [0.29, 0.717) is 5.16 Å². The fourth-order valence-corrected chi connectivity index (χ4v) is 4.12. The summed E-state index contributed by atoms with van der Waals surface area (Å²) in [6.07, 6.45) is 1.63. The molecule has 0 bridgehead atoms. The lowest BCUT2D eigenvalue weighted by molar-refractivity contribution is -0.119. The van der Waals surface area contributed by atoms with Crippen LogP contribution >= 0.6 is 11.8 Å². The maximum atomic E-state index is 12.6. The Morgan fingerprint density at radius 2 is 1.93 bits per heavy atom. The molecule has 4 rings (SSSR count). The van der Waals surface area contributed by atoms with E-state index in [2.05, 4.69) is 39.8 Å². The SMILES string of the molecule is COc1cccc(-n2cnnc2SCC(=O)N[C@H](C)c2cccc3ccccc23)c1. The Hall–Kier alpha value is -3.32. The highest BCUT2D eigenvalue weighted by molar-refractivity contribution is 7.99. The molecule has 4 aromatic rings. The second-order valence-corrected chi connectivity index (χ2v) is 7.77. The van der Waals surface area contributed by atoms with E-state index in [4.69, 9.17) is 4.74 Å². The van der Waals surface area contributed by atoms with Crippen molar-refractivity contribution >= 4 is 28.4 Å². The zero-order valence-electron chi connectivity index (χ0n) is 16.8. The van der Waals surface area contributed by atoms with Crippen LogP contribution in [0.1, 0.15) is 18.5 Å². The molecule has 0 spiro atoms. The van der Waals surface area contributed by atoms with Gasteiger partial charge in [0.15, 0.2) is 5.16 Å². The molecule has 6 nitrogen and oxygen atoms in total.